The van der Waals surface area contributed by atoms with Crippen molar-refractivity contribution < 1.29 is 14.3 Å². The highest BCUT2D eigenvalue weighted by Gasteiger charge is 2.24. The second-order valence-electron chi connectivity index (χ2n) is 7.29. The van der Waals surface area contributed by atoms with E-state index in [-0.39, 0.29) is 5.91 Å². The van der Waals surface area contributed by atoms with Crippen molar-refractivity contribution in [2.24, 2.45) is 10.9 Å². The highest BCUT2D eigenvalue weighted by molar-refractivity contribution is 5.94. The summed E-state index contributed by atoms with van der Waals surface area (Å²) in [7, 11) is 1.69. The summed E-state index contributed by atoms with van der Waals surface area (Å²) in [5.41, 5.74) is 1.72. The Morgan fingerprint density at radius 3 is 2.90 bits per heavy atom. The van der Waals surface area contributed by atoms with E-state index < -0.39 is 0 Å². The Kier molecular flexibility index (Phi) is 10.5. The van der Waals surface area contributed by atoms with Crippen LogP contribution in [-0.4, -0.2) is 69.9 Å². The molecule has 1 aliphatic heterocycles. The standard InChI is InChI=1S/C22H36N4O3/c1-4-10-24-21(27)20-8-6-7-18(14-20)15-25-22(23-5-2)26-11-9-19(16-26)17-29-13-12-28-3/h6-8,14,19H,4-5,9-13,15-17H2,1-3H3,(H,23,25)(H,24,27). The molecule has 7 heteroatoms. The number of ether oxygens (including phenoxy) is 2. The van der Waals surface area contributed by atoms with Crippen LogP contribution in [0.4, 0.5) is 0 Å². The van der Waals surface area contributed by atoms with Gasteiger partial charge >= 0.3 is 0 Å². The second kappa shape index (κ2) is 13.2. The van der Waals surface area contributed by atoms with Gasteiger partial charge in [-0.1, -0.05) is 19.1 Å². The van der Waals surface area contributed by atoms with Crippen molar-refractivity contribution in [2.45, 2.75) is 33.2 Å². The summed E-state index contributed by atoms with van der Waals surface area (Å²) in [6, 6.07) is 7.70. The highest BCUT2D eigenvalue weighted by Crippen LogP contribution is 2.17. The number of guanidine groups is 1. The molecule has 0 radical (unpaired) electrons. The number of nitrogens with one attached hydrogen (secondary N) is 2. The van der Waals surface area contributed by atoms with Crippen LogP contribution in [0.15, 0.2) is 29.3 Å². The van der Waals surface area contributed by atoms with Gasteiger partial charge in [-0.05, 0) is 37.5 Å². The van der Waals surface area contributed by atoms with Crippen LogP contribution in [-0.2, 0) is 16.0 Å². The largest absolute Gasteiger partial charge is 0.382 e. The van der Waals surface area contributed by atoms with Gasteiger partial charge in [0, 0.05) is 44.8 Å². The zero-order valence-corrected chi connectivity index (χ0v) is 18.1. The fraction of sp³-hybridized carbons (Fsp3) is 0.636. The molecule has 0 aliphatic carbocycles. The number of nitrogens with zero attached hydrogens (tertiary/aromatic N) is 2. The molecule has 1 saturated heterocycles. The summed E-state index contributed by atoms with van der Waals surface area (Å²) in [6.45, 7) is 10.1. The van der Waals surface area contributed by atoms with Crippen LogP contribution < -0.4 is 10.6 Å². The van der Waals surface area contributed by atoms with Crippen LogP contribution >= 0.6 is 0 Å². The molecule has 1 amide bonds. The molecule has 1 aromatic rings. The van der Waals surface area contributed by atoms with Gasteiger partial charge in [0.2, 0.25) is 0 Å². The van der Waals surface area contributed by atoms with Crippen molar-refractivity contribution >= 4 is 11.9 Å². The van der Waals surface area contributed by atoms with E-state index in [0.717, 1.165) is 50.6 Å². The number of likely N-dealkylation sites (tertiary alicyclic amines) is 1. The van der Waals surface area contributed by atoms with Crippen molar-refractivity contribution in [3.05, 3.63) is 35.4 Å². The summed E-state index contributed by atoms with van der Waals surface area (Å²) < 4.78 is 10.7. The van der Waals surface area contributed by atoms with E-state index in [1.54, 1.807) is 7.11 Å². The summed E-state index contributed by atoms with van der Waals surface area (Å²) in [6.07, 6.45) is 2.03. The first-order chi connectivity index (χ1) is 14.2. The second-order valence-corrected chi connectivity index (χ2v) is 7.29. The monoisotopic (exact) mass is 404 g/mol. The lowest BCUT2D eigenvalue weighted by Crippen LogP contribution is -2.40. The molecule has 1 aromatic carbocycles. The molecule has 0 aromatic heterocycles. The predicted octanol–water partition coefficient (Wildman–Crippen LogP) is 2.28. The molecule has 1 fully saturated rings. The number of amides is 1. The lowest BCUT2D eigenvalue weighted by Gasteiger charge is -2.21. The number of rotatable bonds is 11. The molecule has 1 heterocycles. The average Bonchev–Trinajstić information content (AvgIpc) is 3.21. The first-order valence-electron chi connectivity index (χ1n) is 10.6. The Bertz CT molecular complexity index is 651. The molecular formula is C22H36N4O3. The van der Waals surface area contributed by atoms with Gasteiger partial charge in [-0.25, -0.2) is 4.99 Å². The summed E-state index contributed by atoms with van der Waals surface area (Å²) in [4.78, 5) is 19.3. The van der Waals surface area contributed by atoms with Gasteiger partial charge in [0.1, 0.15) is 0 Å². The van der Waals surface area contributed by atoms with E-state index in [2.05, 4.69) is 22.5 Å². The third kappa shape index (κ3) is 8.03. The number of carbonyl (C=O) groups excluding carboxylic acids is 1. The normalized spacial score (nSPS) is 16.9. The van der Waals surface area contributed by atoms with Crippen molar-refractivity contribution in [3.63, 3.8) is 0 Å². The number of methoxy groups -OCH3 is 1. The van der Waals surface area contributed by atoms with E-state index in [4.69, 9.17) is 14.5 Å². The fourth-order valence-electron chi connectivity index (χ4n) is 3.30. The van der Waals surface area contributed by atoms with E-state index in [9.17, 15) is 4.79 Å². The molecule has 29 heavy (non-hydrogen) atoms. The van der Waals surface area contributed by atoms with Gasteiger partial charge in [-0.2, -0.15) is 0 Å². The maximum Gasteiger partial charge on any atom is 0.251 e. The van der Waals surface area contributed by atoms with E-state index in [0.29, 0.717) is 37.8 Å². The fourth-order valence-corrected chi connectivity index (χ4v) is 3.30. The van der Waals surface area contributed by atoms with Gasteiger partial charge in [-0.3, -0.25) is 4.79 Å². The molecule has 0 saturated carbocycles. The van der Waals surface area contributed by atoms with Gasteiger partial charge in [0.25, 0.3) is 5.91 Å². The summed E-state index contributed by atoms with van der Waals surface area (Å²) in [5, 5.41) is 6.31. The molecule has 1 unspecified atom stereocenters. The van der Waals surface area contributed by atoms with E-state index >= 15 is 0 Å². The number of aliphatic imine (C=N–C) groups is 1. The smallest absolute Gasteiger partial charge is 0.251 e. The molecule has 1 atom stereocenters. The molecule has 0 spiro atoms. The first-order valence-corrected chi connectivity index (χ1v) is 10.6. The summed E-state index contributed by atoms with van der Waals surface area (Å²) in [5.74, 6) is 1.41. The van der Waals surface area contributed by atoms with Crippen LogP contribution in [0.3, 0.4) is 0 Å². The predicted molar refractivity (Wildman–Crippen MR) is 116 cm³/mol. The topological polar surface area (TPSA) is 75.2 Å². The molecular weight excluding hydrogens is 368 g/mol. The van der Waals surface area contributed by atoms with Gasteiger partial charge in [-0.15, -0.1) is 0 Å². The molecule has 0 bridgehead atoms. The van der Waals surface area contributed by atoms with Crippen molar-refractivity contribution in [3.8, 4) is 0 Å². The lowest BCUT2D eigenvalue weighted by molar-refractivity contribution is 0.0536. The lowest BCUT2D eigenvalue weighted by atomic mass is 10.1. The van der Waals surface area contributed by atoms with Crippen LogP contribution in [0.5, 0.6) is 0 Å². The van der Waals surface area contributed by atoms with Crippen LogP contribution in [0, 0.1) is 5.92 Å². The first kappa shape index (κ1) is 23.2. The number of hydrogen-bond acceptors (Lipinski definition) is 4. The number of benzene rings is 1. The highest BCUT2D eigenvalue weighted by atomic mass is 16.5. The van der Waals surface area contributed by atoms with Crippen molar-refractivity contribution in [1.29, 1.82) is 0 Å². The maximum atomic E-state index is 12.2. The molecule has 7 nitrogen and oxygen atoms in total. The molecule has 2 rings (SSSR count). The minimum Gasteiger partial charge on any atom is -0.382 e. The number of carbonyl (C=O) groups is 1. The van der Waals surface area contributed by atoms with Crippen LogP contribution in [0.2, 0.25) is 0 Å². The Morgan fingerprint density at radius 2 is 2.14 bits per heavy atom. The summed E-state index contributed by atoms with van der Waals surface area (Å²) >= 11 is 0. The zero-order valence-electron chi connectivity index (χ0n) is 18.1. The van der Waals surface area contributed by atoms with Crippen LogP contribution in [0.25, 0.3) is 0 Å². The van der Waals surface area contributed by atoms with E-state index in [1.807, 2.05) is 31.2 Å². The zero-order chi connectivity index (χ0) is 20.9. The van der Waals surface area contributed by atoms with Gasteiger partial charge in [0.15, 0.2) is 5.96 Å². The Labute approximate surface area is 174 Å². The number of hydrogen-bond donors (Lipinski definition) is 2. The van der Waals surface area contributed by atoms with Crippen molar-refractivity contribution in [1.82, 2.24) is 15.5 Å². The minimum absolute atomic E-state index is 0.0274. The molecule has 162 valence electrons. The Balaban J connectivity index is 1.93. The Hall–Kier alpha value is -2.12. The molecule has 2 N–H and O–H groups in total. The minimum atomic E-state index is -0.0274. The maximum absolute atomic E-state index is 12.2. The van der Waals surface area contributed by atoms with Crippen molar-refractivity contribution in [2.75, 3.05) is 53.1 Å². The Morgan fingerprint density at radius 1 is 1.28 bits per heavy atom. The SMILES string of the molecule is CCCNC(=O)c1cccc(CN=C(NCC)N2CCC(COCCOC)C2)c1. The van der Waals surface area contributed by atoms with Crippen LogP contribution in [0.1, 0.15) is 42.6 Å². The third-order valence-corrected chi connectivity index (χ3v) is 4.84. The quantitative estimate of drug-likeness (QED) is 0.336. The third-order valence-electron chi connectivity index (χ3n) is 4.84. The van der Waals surface area contributed by atoms with Gasteiger partial charge in [0.05, 0.1) is 26.4 Å². The van der Waals surface area contributed by atoms with Gasteiger partial charge < -0.3 is 25.0 Å². The molecule has 1 aliphatic rings. The van der Waals surface area contributed by atoms with E-state index in [1.165, 1.54) is 0 Å². The average molecular weight is 405 g/mol.